The first-order valence-electron chi connectivity index (χ1n) is 10.7. The summed E-state index contributed by atoms with van der Waals surface area (Å²) in [5, 5.41) is 4.82. The molecule has 3 aromatic carbocycles. The monoisotopic (exact) mass is 433 g/mol. The highest BCUT2D eigenvalue weighted by Crippen LogP contribution is 2.24. The summed E-state index contributed by atoms with van der Waals surface area (Å²) in [7, 11) is 1.87. The van der Waals surface area contributed by atoms with E-state index in [0.29, 0.717) is 5.69 Å². The van der Waals surface area contributed by atoms with Gasteiger partial charge in [0.1, 0.15) is 5.69 Å². The van der Waals surface area contributed by atoms with Crippen LogP contribution >= 0.6 is 0 Å². The van der Waals surface area contributed by atoms with Crippen molar-refractivity contribution < 1.29 is 0 Å². The predicted molar refractivity (Wildman–Crippen MR) is 132 cm³/mol. The van der Waals surface area contributed by atoms with Gasteiger partial charge in [-0.2, -0.15) is 5.10 Å². The van der Waals surface area contributed by atoms with Crippen molar-refractivity contribution in [1.29, 1.82) is 0 Å². The van der Waals surface area contributed by atoms with Crippen molar-refractivity contribution in [2.75, 3.05) is 0 Å². The number of aromatic nitrogens is 4. The van der Waals surface area contributed by atoms with Crippen LogP contribution in [0, 0.1) is 6.92 Å². The van der Waals surface area contributed by atoms with Crippen LogP contribution in [0.15, 0.2) is 107 Å². The molecule has 5 rings (SSSR count). The molecule has 0 aliphatic carbocycles. The largest absolute Gasteiger partial charge is 0.297 e. The zero-order valence-corrected chi connectivity index (χ0v) is 18.5. The van der Waals surface area contributed by atoms with Crippen molar-refractivity contribution >= 4 is 11.9 Å². The van der Waals surface area contributed by atoms with E-state index in [4.69, 9.17) is 5.10 Å². The van der Waals surface area contributed by atoms with Gasteiger partial charge >= 0.3 is 0 Å². The topological polar surface area (TPSA) is 57.1 Å². The van der Waals surface area contributed by atoms with Crippen LogP contribution in [0.5, 0.6) is 0 Å². The lowest BCUT2D eigenvalue weighted by atomic mass is 10.1. The number of nitrogens with zero attached hydrogens (tertiary/aromatic N) is 5. The molecule has 2 heterocycles. The Bertz CT molecular complexity index is 1480. The summed E-state index contributed by atoms with van der Waals surface area (Å²) in [4.78, 5) is 17.9. The molecular weight excluding hydrogens is 410 g/mol. The Balaban J connectivity index is 1.61. The number of para-hydroxylation sites is 2. The quantitative estimate of drug-likeness (QED) is 0.363. The fourth-order valence-electron chi connectivity index (χ4n) is 3.85. The molecule has 6 heteroatoms. The van der Waals surface area contributed by atoms with E-state index in [1.54, 1.807) is 10.9 Å². The molecule has 0 aliphatic heterocycles. The fourth-order valence-corrected chi connectivity index (χ4v) is 3.85. The molecule has 33 heavy (non-hydrogen) atoms. The molecule has 2 aromatic heterocycles. The summed E-state index contributed by atoms with van der Waals surface area (Å²) < 4.78 is 5.30. The van der Waals surface area contributed by atoms with Crippen molar-refractivity contribution in [1.82, 2.24) is 19.1 Å². The number of rotatable bonds is 5. The van der Waals surface area contributed by atoms with Crippen LogP contribution in [-0.2, 0) is 7.05 Å². The average Bonchev–Trinajstić information content (AvgIpc) is 3.38. The lowest BCUT2D eigenvalue weighted by Gasteiger charge is -2.07. The van der Waals surface area contributed by atoms with Crippen LogP contribution in [0.4, 0.5) is 5.69 Å². The first-order valence-corrected chi connectivity index (χ1v) is 10.7. The van der Waals surface area contributed by atoms with E-state index in [1.165, 1.54) is 0 Å². The molecular formula is C27H23N5O. The molecule has 0 unspecified atom stereocenters. The lowest BCUT2D eigenvalue weighted by molar-refractivity contribution is 0.630. The molecule has 0 saturated heterocycles. The third-order valence-electron chi connectivity index (χ3n) is 5.67. The number of aliphatic imine (C=N–C) groups is 1. The molecule has 0 radical (unpaired) electrons. The molecule has 0 saturated carbocycles. The van der Waals surface area contributed by atoms with Gasteiger partial charge in [-0.05, 0) is 31.2 Å². The highest BCUT2D eigenvalue weighted by atomic mass is 16.1. The highest BCUT2D eigenvalue weighted by molar-refractivity contribution is 5.90. The summed E-state index contributed by atoms with van der Waals surface area (Å²) in [5.74, 6) is 0. The molecule has 6 nitrogen and oxygen atoms in total. The molecule has 0 atom stereocenters. The third-order valence-corrected chi connectivity index (χ3v) is 5.67. The number of benzene rings is 3. The van der Waals surface area contributed by atoms with Crippen LogP contribution in [-0.4, -0.2) is 25.4 Å². The van der Waals surface area contributed by atoms with Gasteiger partial charge in [0, 0.05) is 30.6 Å². The van der Waals surface area contributed by atoms with E-state index in [0.717, 1.165) is 33.9 Å². The predicted octanol–water partition coefficient (Wildman–Crippen LogP) is 5.09. The SMILES string of the molecule is Cc1c(/N=C\c2cn(-c3ccccc3)nc2-c2ccccc2)c(=O)n(-c2ccccc2)n1C. The molecule has 0 N–H and O–H groups in total. The average molecular weight is 434 g/mol. The van der Waals surface area contributed by atoms with E-state index < -0.39 is 0 Å². The molecule has 0 spiro atoms. The Kier molecular flexibility index (Phi) is 5.32. The van der Waals surface area contributed by atoms with Gasteiger partial charge in [-0.25, -0.2) is 14.4 Å². The van der Waals surface area contributed by atoms with Crippen molar-refractivity contribution in [2.24, 2.45) is 12.0 Å². The van der Waals surface area contributed by atoms with Crippen molar-refractivity contribution in [2.45, 2.75) is 6.92 Å². The molecule has 0 aliphatic rings. The zero-order chi connectivity index (χ0) is 22.8. The Hall–Kier alpha value is -4.45. The van der Waals surface area contributed by atoms with Crippen LogP contribution in [0.25, 0.3) is 22.6 Å². The summed E-state index contributed by atoms with van der Waals surface area (Å²) in [6.07, 6.45) is 3.67. The smallest absolute Gasteiger partial charge is 0.283 e. The van der Waals surface area contributed by atoms with Gasteiger partial charge < -0.3 is 0 Å². The number of hydrogen-bond acceptors (Lipinski definition) is 3. The van der Waals surface area contributed by atoms with Crippen molar-refractivity contribution in [3.8, 4) is 22.6 Å². The van der Waals surface area contributed by atoms with Gasteiger partial charge in [0.05, 0.1) is 17.1 Å². The minimum Gasteiger partial charge on any atom is -0.283 e. The van der Waals surface area contributed by atoms with Crippen molar-refractivity contribution in [3.05, 3.63) is 119 Å². The lowest BCUT2D eigenvalue weighted by Crippen LogP contribution is -2.19. The molecule has 162 valence electrons. The Labute approximate surface area is 191 Å². The normalized spacial score (nSPS) is 11.3. The minimum absolute atomic E-state index is 0.158. The van der Waals surface area contributed by atoms with E-state index in [-0.39, 0.29) is 5.56 Å². The summed E-state index contributed by atoms with van der Waals surface area (Å²) in [5.41, 5.74) is 5.42. The molecule has 5 aromatic rings. The van der Waals surface area contributed by atoms with E-state index in [2.05, 4.69) is 4.99 Å². The van der Waals surface area contributed by atoms with Gasteiger partial charge in [0.25, 0.3) is 5.56 Å². The fraction of sp³-hybridized carbons (Fsp3) is 0.0741. The van der Waals surface area contributed by atoms with Crippen LogP contribution in [0.1, 0.15) is 11.3 Å². The standard InChI is InChI=1S/C27H23N5O/c1-20-25(27(33)32(30(20)2)24-16-10-5-11-17-24)28-18-22-19-31(23-14-8-4-9-15-23)29-26(22)21-12-6-3-7-13-21/h3-19H,1-2H3/b28-18-. The second-order valence-electron chi connectivity index (χ2n) is 7.75. The van der Waals surface area contributed by atoms with E-state index >= 15 is 0 Å². The third kappa shape index (κ3) is 3.83. The van der Waals surface area contributed by atoms with Crippen molar-refractivity contribution in [3.63, 3.8) is 0 Å². The first kappa shape index (κ1) is 20.5. The summed E-state index contributed by atoms with van der Waals surface area (Å²) in [6, 6.07) is 29.5. The van der Waals surface area contributed by atoms with Gasteiger partial charge in [0.15, 0.2) is 5.69 Å². The highest BCUT2D eigenvalue weighted by Gasteiger charge is 2.16. The van der Waals surface area contributed by atoms with Crippen LogP contribution in [0.2, 0.25) is 0 Å². The molecule has 0 amide bonds. The Morgan fingerprint density at radius 3 is 2.03 bits per heavy atom. The van der Waals surface area contributed by atoms with Crippen LogP contribution in [0.3, 0.4) is 0 Å². The Morgan fingerprint density at radius 2 is 1.39 bits per heavy atom. The first-order chi connectivity index (χ1) is 16.1. The van der Waals surface area contributed by atoms with Gasteiger partial charge in [-0.3, -0.25) is 9.48 Å². The zero-order valence-electron chi connectivity index (χ0n) is 18.5. The number of hydrogen-bond donors (Lipinski definition) is 0. The Morgan fingerprint density at radius 1 is 0.818 bits per heavy atom. The second-order valence-corrected chi connectivity index (χ2v) is 7.75. The summed E-state index contributed by atoms with van der Waals surface area (Å²) >= 11 is 0. The maximum absolute atomic E-state index is 13.2. The van der Waals surface area contributed by atoms with E-state index in [9.17, 15) is 4.79 Å². The summed E-state index contributed by atoms with van der Waals surface area (Å²) in [6.45, 7) is 1.90. The second kappa shape index (κ2) is 8.59. The molecule has 0 fully saturated rings. The van der Waals surface area contributed by atoms with Gasteiger partial charge in [-0.1, -0.05) is 66.7 Å². The maximum Gasteiger partial charge on any atom is 0.297 e. The maximum atomic E-state index is 13.2. The molecule has 0 bridgehead atoms. The van der Waals surface area contributed by atoms with Gasteiger partial charge in [0.2, 0.25) is 0 Å². The van der Waals surface area contributed by atoms with Gasteiger partial charge in [-0.15, -0.1) is 0 Å². The van der Waals surface area contributed by atoms with Crippen LogP contribution < -0.4 is 5.56 Å². The minimum atomic E-state index is -0.158. The van der Waals surface area contributed by atoms with E-state index in [1.807, 2.05) is 121 Å².